The third kappa shape index (κ3) is 3.56. The topological polar surface area (TPSA) is 63.4 Å². The summed E-state index contributed by atoms with van der Waals surface area (Å²) < 4.78 is 3.84. The molecule has 2 atom stereocenters. The second-order valence-electron chi connectivity index (χ2n) is 9.34. The highest BCUT2D eigenvalue weighted by atomic mass is 16.2. The number of piperidine rings is 1. The number of amides is 1. The average molecular weight is 432 g/mol. The number of rotatable bonds is 4. The van der Waals surface area contributed by atoms with Crippen LogP contribution in [0.5, 0.6) is 0 Å². The molecule has 1 amide bonds. The molecular formula is C25H29N5O2. The molecule has 0 unspecified atom stereocenters. The number of nitrogens with zero attached hydrogens (tertiary/aromatic N) is 5. The zero-order chi connectivity index (χ0) is 22.4. The molecule has 1 fully saturated rings. The van der Waals surface area contributed by atoms with E-state index in [1.807, 2.05) is 76.5 Å². The zero-order valence-corrected chi connectivity index (χ0v) is 18.9. The zero-order valence-electron chi connectivity index (χ0n) is 18.9. The number of hydrogen-bond acceptors (Lipinski definition) is 4. The Morgan fingerprint density at radius 3 is 2.62 bits per heavy atom. The van der Waals surface area contributed by atoms with Crippen LogP contribution in [0.3, 0.4) is 0 Å². The van der Waals surface area contributed by atoms with Gasteiger partial charge in [-0.3, -0.25) is 9.59 Å². The fourth-order valence-electron chi connectivity index (χ4n) is 5.24. The second-order valence-corrected chi connectivity index (χ2v) is 9.34. The SMILES string of the molecule is CN(C)Cc1ccc2n(c1=O)C[C@H]1C[C@@H]2CN(C(=O)c2cnc(-c3ccccc3)n2C)C1. The van der Waals surface area contributed by atoms with E-state index in [0.29, 0.717) is 37.8 Å². The van der Waals surface area contributed by atoms with Crippen LogP contribution in [0, 0.1) is 5.92 Å². The number of benzene rings is 1. The van der Waals surface area contributed by atoms with Crippen molar-refractivity contribution in [2.75, 3.05) is 27.2 Å². The first-order valence-corrected chi connectivity index (χ1v) is 11.2. The van der Waals surface area contributed by atoms with Gasteiger partial charge in [0, 0.05) is 56.0 Å². The first-order chi connectivity index (χ1) is 15.4. The number of fused-ring (bicyclic) bond motifs is 4. The van der Waals surface area contributed by atoms with Crippen molar-refractivity contribution in [2.45, 2.75) is 25.4 Å². The van der Waals surface area contributed by atoms with E-state index in [2.05, 4.69) is 11.1 Å². The van der Waals surface area contributed by atoms with E-state index < -0.39 is 0 Å². The third-order valence-electron chi connectivity index (χ3n) is 6.70. The summed E-state index contributed by atoms with van der Waals surface area (Å²) in [6.07, 6.45) is 2.71. The first kappa shape index (κ1) is 20.7. The Balaban J connectivity index is 1.40. The van der Waals surface area contributed by atoms with Crippen LogP contribution in [0.15, 0.2) is 53.5 Å². The number of pyridine rings is 1. The lowest BCUT2D eigenvalue weighted by Crippen LogP contribution is -2.49. The van der Waals surface area contributed by atoms with Gasteiger partial charge in [-0.1, -0.05) is 36.4 Å². The Bertz CT molecular complexity index is 1210. The minimum atomic E-state index is 0.0110. The predicted octanol–water partition coefficient (Wildman–Crippen LogP) is 2.57. The Morgan fingerprint density at radius 2 is 1.88 bits per heavy atom. The Labute approximate surface area is 187 Å². The second kappa shape index (κ2) is 8.06. The fourth-order valence-corrected chi connectivity index (χ4v) is 5.24. The molecule has 5 rings (SSSR count). The Morgan fingerprint density at radius 1 is 1.09 bits per heavy atom. The molecule has 0 aliphatic carbocycles. The molecule has 0 N–H and O–H groups in total. The molecule has 166 valence electrons. The smallest absolute Gasteiger partial charge is 0.272 e. The van der Waals surface area contributed by atoms with Crippen molar-refractivity contribution in [3.8, 4) is 11.4 Å². The van der Waals surface area contributed by atoms with Gasteiger partial charge in [-0.15, -0.1) is 0 Å². The fraction of sp³-hybridized carbons (Fsp3) is 0.400. The van der Waals surface area contributed by atoms with Gasteiger partial charge in [0.1, 0.15) is 11.5 Å². The minimum Gasteiger partial charge on any atom is -0.336 e. The van der Waals surface area contributed by atoms with Gasteiger partial charge in [0.15, 0.2) is 0 Å². The Hall–Kier alpha value is -3.19. The molecule has 0 spiro atoms. The molecule has 4 heterocycles. The highest BCUT2D eigenvalue weighted by Gasteiger charge is 2.37. The number of aromatic nitrogens is 3. The van der Waals surface area contributed by atoms with Crippen molar-refractivity contribution in [3.63, 3.8) is 0 Å². The van der Waals surface area contributed by atoms with Gasteiger partial charge in [0.25, 0.3) is 11.5 Å². The summed E-state index contributed by atoms with van der Waals surface area (Å²) in [5.74, 6) is 1.28. The summed E-state index contributed by atoms with van der Waals surface area (Å²) in [7, 11) is 5.85. The van der Waals surface area contributed by atoms with Gasteiger partial charge in [-0.25, -0.2) is 4.98 Å². The van der Waals surface area contributed by atoms with Crippen molar-refractivity contribution < 1.29 is 4.79 Å². The number of imidazole rings is 1. The summed E-state index contributed by atoms with van der Waals surface area (Å²) in [6, 6.07) is 14.0. The monoisotopic (exact) mass is 431 g/mol. The highest BCUT2D eigenvalue weighted by molar-refractivity contribution is 5.93. The molecule has 0 radical (unpaired) electrons. The van der Waals surface area contributed by atoms with E-state index in [1.54, 1.807) is 6.20 Å². The largest absolute Gasteiger partial charge is 0.336 e. The van der Waals surface area contributed by atoms with E-state index >= 15 is 0 Å². The van der Waals surface area contributed by atoms with Gasteiger partial charge < -0.3 is 18.9 Å². The van der Waals surface area contributed by atoms with Gasteiger partial charge in [-0.05, 0) is 32.5 Å². The van der Waals surface area contributed by atoms with Crippen LogP contribution in [0.1, 0.15) is 34.1 Å². The van der Waals surface area contributed by atoms with Crippen LogP contribution in [0.4, 0.5) is 0 Å². The maximum Gasteiger partial charge on any atom is 0.272 e. The van der Waals surface area contributed by atoms with E-state index in [4.69, 9.17) is 0 Å². The summed E-state index contributed by atoms with van der Waals surface area (Å²) in [5, 5.41) is 0. The van der Waals surface area contributed by atoms with Gasteiger partial charge >= 0.3 is 0 Å². The van der Waals surface area contributed by atoms with Gasteiger partial charge in [0.2, 0.25) is 0 Å². The molecule has 2 bridgehead atoms. The van der Waals surface area contributed by atoms with Crippen molar-refractivity contribution in [2.24, 2.45) is 13.0 Å². The van der Waals surface area contributed by atoms with Gasteiger partial charge in [0.05, 0.1) is 6.20 Å². The summed E-state index contributed by atoms with van der Waals surface area (Å²) in [4.78, 5) is 35.0. The van der Waals surface area contributed by atoms with E-state index in [-0.39, 0.29) is 17.4 Å². The number of carbonyl (C=O) groups excluding carboxylic acids is 1. The number of likely N-dealkylation sites (tertiary alicyclic amines) is 1. The molecule has 2 aromatic heterocycles. The van der Waals surface area contributed by atoms with Crippen LogP contribution in [-0.4, -0.2) is 57.0 Å². The van der Waals surface area contributed by atoms with Crippen LogP contribution < -0.4 is 5.56 Å². The molecule has 32 heavy (non-hydrogen) atoms. The van der Waals surface area contributed by atoms with Crippen LogP contribution >= 0.6 is 0 Å². The number of hydrogen-bond donors (Lipinski definition) is 0. The maximum atomic E-state index is 13.4. The molecule has 7 heteroatoms. The quantitative estimate of drug-likeness (QED) is 0.637. The molecule has 7 nitrogen and oxygen atoms in total. The van der Waals surface area contributed by atoms with E-state index in [0.717, 1.165) is 29.1 Å². The molecular weight excluding hydrogens is 402 g/mol. The van der Waals surface area contributed by atoms with E-state index in [9.17, 15) is 9.59 Å². The lowest BCUT2D eigenvalue weighted by atomic mass is 9.83. The maximum absolute atomic E-state index is 13.4. The summed E-state index contributed by atoms with van der Waals surface area (Å²) >= 11 is 0. The lowest BCUT2D eigenvalue weighted by Gasteiger charge is -2.43. The van der Waals surface area contributed by atoms with Crippen LogP contribution in [0.25, 0.3) is 11.4 Å². The molecule has 2 aliphatic heterocycles. The standard InChI is InChI=1S/C25H29N5O2/c1-27(2)15-19-9-10-21-20-11-17(14-30(21)24(19)31)13-29(16-20)25(32)22-12-26-23(28(22)3)18-7-5-4-6-8-18/h4-10,12,17,20H,11,13-16H2,1-3H3/t17-,20+/m0/s1. The summed E-state index contributed by atoms with van der Waals surface area (Å²) in [5.41, 5.74) is 3.59. The average Bonchev–Trinajstić information content (AvgIpc) is 3.17. The van der Waals surface area contributed by atoms with Crippen molar-refractivity contribution in [1.29, 1.82) is 0 Å². The molecule has 2 aliphatic rings. The van der Waals surface area contributed by atoms with E-state index in [1.165, 1.54) is 0 Å². The predicted molar refractivity (Wildman–Crippen MR) is 123 cm³/mol. The van der Waals surface area contributed by atoms with Crippen molar-refractivity contribution in [3.05, 3.63) is 76.0 Å². The third-order valence-corrected chi connectivity index (χ3v) is 6.70. The highest BCUT2D eigenvalue weighted by Crippen LogP contribution is 2.36. The van der Waals surface area contributed by atoms with Crippen LogP contribution in [-0.2, 0) is 20.1 Å². The van der Waals surface area contributed by atoms with Gasteiger partial charge in [-0.2, -0.15) is 0 Å². The Kier molecular flexibility index (Phi) is 5.21. The van der Waals surface area contributed by atoms with Crippen molar-refractivity contribution >= 4 is 5.91 Å². The summed E-state index contributed by atoms with van der Waals surface area (Å²) in [6.45, 7) is 2.62. The lowest BCUT2D eigenvalue weighted by molar-refractivity contribution is 0.0585. The molecule has 1 saturated heterocycles. The van der Waals surface area contributed by atoms with Crippen LogP contribution in [0.2, 0.25) is 0 Å². The normalized spacial score (nSPS) is 19.8. The molecule has 1 aromatic carbocycles. The number of carbonyl (C=O) groups is 1. The van der Waals surface area contributed by atoms with Crippen molar-refractivity contribution in [1.82, 2.24) is 23.9 Å². The first-order valence-electron chi connectivity index (χ1n) is 11.2. The molecule has 0 saturated carbocycles. The minimum absolute atomic E-state index is 0.0110. The molecule has 3 aromatic rings.